The van der Waals surface area contributed by atoms with E-state index in [-0.39, 0.29) is 38.6 Å². The number of likely N-dealkylation sites (N-methyl/N-ethyl adjacent to an activating group) is 1. The van der Waals surface area contributed by atoms with Crippen LogP contribution >= 0.6 is 0 Å². The Hall–Kier alpha value is -3.53. The number of rotatable bonds is 45. The van der Waals surface area contributed by atoms with Crippen LogP contribution in [0.4, 0.5) is 0 Å². The number of allylic oxidation sites excluding steroid dienone is 14. The van der Waals surface area contributed by atoms with Gasteiger partial charge >= 0.3 is 11.9 Å². The lowest BCUT2D eigenvalue weighted by Gasteiger charge is -2.26. The molecular formula is C55H93NO8. The second kappa shape index (κ2) is 46.0. The van der Waals surface area contributed by atoms with Crippen LogP contribution in [0.3, 0.4) is 0 Å². The molecule has 0 spiro atoms. The first-order chi connectivity index (χ1) is 31.1. The number of hydrogen-bond acceptors (Lipinski definition) is 8. The van der Waals surface area contributed by atoms with E-state index in [0.29, 0.717) is 17.4 Å². The van der Waals surface area contributed by atoms with Crippen LogP contribution in [0.1, 0.15) is 187 Å². The van der Waals surface area contributed by atoms with Crippen LogP contribution in [-0.2, 0) is 33.3 Å². The summed E-state index contributed by atoms with van der Waals surface area (Å²) in [6, 6.07) is 0. The Kier molecular flexibility index (Phi) is 43.5. The van der Waals surface area contributed by atoms with Crippen molar-refractivity contribution in [3.8, 4) is 0 Å². The summed E-state index contributed by atoms with van der Waals surface area (Å²) in [5.41, 5.74) is 0. The van der Waals surface area contributed by atoms with Crippen LogP contribution in [0, 0.1) is 0 Å². The highest BCUT2D eigenvalue weighted by Crippen LogP contribution is 2.14. The molecule has 0 aliphatic carbocycles. The summed E-state index contributed by atoms with van der Waals surface area (Å²) < 4.78 is 22.6. The zero-order valence-corrected chi connectivity index (χ0v) is 41.4. The molecule has 9 nitrogen and oxygen atoms in total. The fourth-order valence-electron chi connectivity index (χ4n) is 6.51. The topological polar surface area (TPSA) is 111 Å². The van der Waals surface area contributed by atoms with Gasteiger partial charge in [0.2, 0.25) is 0 Å². The molecule has 0 rings (SSSR count). The molecule has 0 saturated heterocycles. The highest BCUT2D eigenvalue weighted by atomic mass is 16.7. The van der Waals surface area contributed by atoms with Gasteiger partial charge < -0.3 is 33.3 Å². The molecule has 0 heterocycles. The summed E-state index contributed by atoms with van der Waals surface area (Å²) in [6.45, 7) is 4.58. The van der Waals surface area contributed by atoms with E-state index in [0.717, 1.165) is 83.5 Å². The van der Waals surface area contributed by atoms with Crippen molar-refractivity contribution in [3.63, 3.8) is 0 Å². The number of carbonyl (C=O) groups excluding carboxylic acids is 3. The Balaban J connectivity index is 4.43. The lowest BCUT2D eigenvalue weighted by atomic mass is 10.0. The Labute approximate surface area is 391 Å². The standard InChI is InChI=1S/C55H93NO8/c1-6-8-10-12-14-16-18-20-22-23-24-25-26-27-28-29-30-31-32-34-36-38-40-42-44-46-53(58)64-51(50-63-55(54(59)60)61-48-47-56(3,4)5)49-62-52(57)45-43-41-39-37-35-33-21-19-17-15-13-11-9-7-2/h8,10,14,16,20,22,24-25,27-28,30-31,34,36,51,55H,6-7,9,11-13,15,17-19,21,23,26,29,32-33,35,37-50H2,1-5H3/b10-8-,16-14-,22-20-,25-24-,28-27-,31-30-,36-34-. The average molecular weight is 896 g/mol. The maximum Gasteiger partial charge on any atom is 0.306 e. The number of carboxylic acid groups (broad SMARTS) is 1. The Morgan fingerprint density at radius 3 is 1.33 bits per heavy atom. The van der Waals surface area contributed by atoms with Gasteiger partial charge in [-0.15, -0.1) is 0 Å². The van der Waals surface area contributed by atoms with E-state index in [2.05, 4.69) is 98.9 Å². The van der Waals surface area contributed by atoms with Crippen LogP contribution in [0.25, 0.3) is 0 Å². The molecule has 0 aromatic carbocycles. The third kappa shape index (κ3) is 46.5. The van der Waals surface area contributed by atoms with Gasteiger partial charge in [0.1, 0.15) is 13.2 Å². The quantitative estimate of drug-likeness (QED) is 0.0195. The van der Waals surface area contributed by atoms with Crippen LogP contribution in [-0.4, -0.2) is 82.3 Å². The molecule has 0 amide bonds. The fraction of sp³-hybridized carbons (Fsp3) is 0.691. The number of unbranched alkanes of at least 4 members (excludes halogenated alkanes) is 16. The number of hydrogen-bond donors (Lipinski definition) is 0. The van der Waals surface area contributed by atoms with Crippen LogP contribution in [0.5, 0.6) is 0 Å². The highest BCUT2D eigenvalue weighted by molar-refractivity contribution is 5.70. The van der Waals surface area contributed by atoms with Crippen LogP contribution in [0.15, 0.2) is 85.1 Å². The molecule has 0 fully saturated rings. The van der Waals surface area contributed by atoms with Crippen molar-refractivity contribution in [3.05, 3.63) is 85.1 Å². The zero-order valence-electron chi connectivity index (χ0n) is 41.4. The number of quaternary nitrogens is 1. The number of nitrogens with zero attached hydrogens (tertiary/aromatic N) is 1. The molecule has 0 aromatic heterocycles. The largest absolute Gasteiger partial charge is 0.545 e. The van der Waals surface area contributed by atoms with E-state index in [4.69, 9.17) is 18.9 Å². The van der Waals surface area contributed by atoms with Crippen molar-refractivity contribution in [2.24, 2.45) is 0 Å². The van der Waals surface area contributed by atoms with Gasteiger partial charge in [-0.2, -0.15) is 0 Å². The first-order valence-electron chi connectivity index (χ1n) is 25.2. The number of carboxylic acids is 1. The number of aliphatic carboxylic acids is 1. The van der Waals surface area contributed by atoms with Gasteiger partial charge in [0.05, 0.1) is 40.3 Å². The van der Waals surface area contributed by atoms with Crippen LogP contribution in [0.2, 0.25) is 0 Å². The maximum atomic E-state index is 12.8. The second-order valence-electron chi connectivity index (χ2n) is 17.7. The molecule has 9 heteroatoms. The smallest absolute Gasteiger partial charge is 0.306 e. The van der Waals surface area contributed by atoms with Gasteiger partial charge in [-0.05, 0) is 70.6 Å². The van der Waals surface area contributed by atoms with Gasteiger partial charge in [0.25, 0.3) is 0 Å². The average Bonchev–Trinajstić information content (AvgIpc) is 3.26. The lowest BCUT2D eigenvalue weighted by Crippen LogP contribution is -2.44. The van der Waals surface area contributed by atoms with Gasteiger partial charge in [0, 0.05) is 12.8 Å². The minimum absolute atomic E-state index is 0.137. The summed E-state index contributed by atoms with van der Waals surface area (Å²) in [6.07, 6.45) is 56.2. The highest BCUT2D eigenvalue weighted by Gasteiger charge is 2.21. The monoisotopic (exact) mass is 896 g/mol. The molecular weight excluding hydrogens is 803 g/mol. The van der Waals surface area contributed by atoms with Gasteiger partial charge in [-0.25, -0.2) is 0 Å². The molecule has 64 heavy (non-hydrogen) atoms. The minimum Gasteiger partial charge on any atom is -0.545 e. The first-order valence-corrected chi connectivity index (χ1v) is 25.2. The molecule has 0 radical (unpaired) electrons. The minimum atomic E-state index is -1.63. The molecule has 0 aliphatic heterocycles. The second-order valence-corrected chi connectivity index (χ2v) is 17.7. The first kappa shape index (κ1) is 60.5. The van der Waals surface area contributed by atoms with E-state index in [9.17, 15) is 19.5 Å². The summed E-state index contributed by atoms with van der Waals surface area (Å²) in [5.74, 6) is -2.34. The summed E-state index contributed by atoms with van der Waals surface area (Å²) in [5, 5.41) is 11.7. The SMILES string of the molecule is CC/C=C\C/C=C\C/C=C\C/C=C\C/C=C\C/C=C\C/C=C\CCCCCC(=O)OC(COC(=O)CCCCCCCCCCCCCCCC)COC(OCC[N+](C)(C)C)C(=O)[O-]. The summed E-state index contributed by atoms with van der Waals surface area (Å²) in [7, 11) is 5.89. The molecule has 0 bridgehead atoms. The fourth-order valence-corrected chi connectivity index (χ4v) is 6.51. The van der Waals surface area contributed by atoms with Crippen molar-refractivity contribution in [1.29, 1.82) is 0 Å². The molecule has 0 saturated carbocycles. The Morgan fingerprint density at radius 1 is 0.484 bits per heavy atom. The van der Waals surface area contributed by atoms with E-state index >= 15 is 0 Å². The van der Waals surface area contributed by atoms with Crippen molar-refractivity contribution in [2.45, 2.75) is 200 Å². The summed E-state index contributed by atoms with van der Waals surface area (Å²) >= 11 is 0. The zero-order chi connectivity index (χ0) is 47.0. The molecule has 366 valence electrons. The normalized spacial score (nSPS) is 13.6. The third-order valence-electron chi connectivity index (χ3n) is 10.4. The number of ether oxygens (including phenoxy) is 4. The van der Waals surface area contributed by atoms with Gasteiger partial charge in [-0.3, -0.25) is 9.59 Å². The summed E-state index contributed by atoms with van der Waals surface area (Å²) in [4.78, 5) is 37.1. The van der Waals surface area contributed by atoms with E-state index in [1.807, 2.05) is 21.1 Å². The van der Waals surface area contributed by atoms with E-state index < -0.39 is 24.3 Å². The third-order valence-corrected chi connectivity index (χ3v) is 10.4. The Bertz CT molecular complexity index is 1320. The van der Waals surface area contributed by atoms with Crippen molar-refractivity contribution in [2.75, 3.05) is 47.5 Å². The lowest BCUT2D eigenvalue weighted by molar-refractivity contribution is -0.870. The molecule has 2 unspecified atom stereocenters. The number of esters is 2. The predicted octanol–water partition coefficient (Wildman–Crippen LogP) is 12.7. The van der Waals surface area contributed by atoms with Crippen molar-refractivity contribution < 1.29 is 42.9 Å². The molecule has 0 aromatic rings. The molecule has 0 N–H and O–H groups in total. The van der Waals surface area contributed by atoms with Gasteiger partial charge in [-0.1, -0.05) is 189 Å². The molecule has 0 aliphatic rings. The van der Waals surface area contributed by atoms with Crippen molar-refractivity contribution >= 4 is 17.9 Å². The predicted molar refractivity (Wildman–Crippen MR) is 264 cm³/mol. The van der Waals surface area contributed by atoms with Gasteiger partial charge in [0.15, 0.2) is 12.4 Å². The Morgan fingerprint density at radius 2 is 0.891 bits per heavy atom. The molecule has 2 atom stereocenters. The van der Waals surface area contributed by atoms with E-state index in [1.165, 1.54) is 70.6 Å². The van der Waals surface area contributed by atoms with Crippen LogP contribution < -0.4 is 5.11 Å². The van der Waals surface area contributed by atoms with E-state index in [1.54, 1.807) is 0 Å². The maximum absolute atomic E-state index is 12.8. The number of carbonyl (C=O) groups is 3. The van der Waals surface area contributed by atoms with Crippen molar-refractivity contribution in [1.82, 2.24) is 0 Å².